The maximum Gasteiger partial charge on any atom is 0.173 e. The van der Waals surface area contributed by atoms with Crippen LogP contribution in [0.15, 0.2) is 23.4 Å². The molecule has 1 saturated carbocycles. The predicted octanol–water partition coefficient (Wildman–Crippen LogP) is 1.31. The van der Waals surface area contributed by atoms with Gasteiger partial charge in [0.05, 0.1) is 11.7 Å². The molecule has 5 N–H and O–H groups in total. The van der Waals surface area contributed by atoms with Crippen LogP contribution in [0.5, 0.6) is 0 Å². The van der Waals surface area contributed by atoms with Gasteiger partial charge in [0, 0.05) is 18.2 Å². The van der Waals surface area contributed by atoms with Gasteiger partial charge in [-0.2, -0.15) is 0 Å². The van der Waals surface area contributed by atoms with Gasteiger partial charge in [0.25, 0.3) is 0 Å². The van der Waals surface area contributed by atoms with E-state index in [0.717, 1.165) is 25.7 Å². The number of nitrogens with two attached hydrogens (primary N) is 1. The van der Waals surface area contributed by atoms with Gasteiger partial charge in [-0.25, -0.2) is 4.39 Å². The Kier molecular flexibility index (Phi) is 4.92. The molecule has 1 aliphatic rings. The van der Waals surface area contributed by atoms with Crippen LogP contribution in [0.4, 0.5) is 4.39 Å². The summed E-state index contributed by atoms with van der Waals surface area (Å²) in [5, 5.41) is 24.5. The maximum atomic E-state index is 14.2. The van der Waals surface area contributed by atoms with Gasteiger partial charge in [0.1, 0.15) is 5.82 Å². The molecule has 0 spiro atoms. The number of rotatable bonds is 4. The van der Waals surface area contributed by atoms with Crippen molar-refractivity contribution < 1.29 is 14.7 Å². The first-order valence-corrected chi connectivity index (χ1v) is 6.80. The van der Waals surface area contributed by atoms with Crippen molar-refractivity contribution >= 4 is 5.84 Å². The van der Waals surface area contributed by atoms with E-state index in [1.54, 1.807) is 12.1 Å². The molecule has 0 heterocycles. The zero-order valence-electron chi connectivity index (χ0n) is 11.2. The third-order valence-corrected chi connectivity index (χ3v) is 3.75. The molecule has 1 aromatic rings. The lowest BCUT2D eigenvalue weighted by Crippen LogP contribution is -2.41. The topological polar surface area (TPSA) is 90.9 Å². The van der Waals surface area contributed by atoms with Crippen molar-refractivity contribution in [3.63, 3.8) is 0 Å². The lowest BCUT2D eigenvalue weighted by Gasteiger charge is -2.28. The zero-order chi connectivity index (χ0) is 14.5. The molecule has 0 radical (unpaired) electrons. The standard InChI is InChI=1S/C14H20FN3O2/c15-13-9(4-3-5-10(13)14(16)18-20)8-17-11-6-1-2-7-12(11)19/h3-5,11-12,17,19-20H,1-2,6-8H2,(H2,16,18). The fourth-order valence-corrected chi connectivity index (χ4v) is 2.56. The maximum absolute atomic E-state index is 14.2. The van der Waals surface area contributed by atoms with Gasteiger partial charge in [0.15, 0.2) is 5.84 Å². The fraction of sp³-hybridized carbons (Fsp3) is 0.500. The number of amidine groups is 1. The lowest BCUT2D eigenvalue weighted by molar-refractivity contribution is 0.0901. The van der Waals surface area contributed by atoms with E-state index in [2.05, 4.69) is 10.5 Å². The molecule has 0 bridgehead atoms. The Hall–Kier alpha value is -1.66. The lowest BCUT2D eigenvalue weighted by atomic mass is 9.92. The van der Waals surface area contributed by atoms with E-state index in [1.807, 2.05) is 0 Å². The van der Waals surface area contributed by atoms with E-state index >= 15 is 0 Å². The van der Waals surface area contributed by atoms with Crippen LogP contribution in [-0.2, 0) is 6.54 Å². The molecular formula is C14H20FN3O2. The number of oxime groups is 1. The molecule has 1 aromatic carbocycles. The van der Waals surface area contributed by atoms with Crippen LogP contribution in [-0.4, -0.2) is 28.3 Å². The molecule has 0 aliphatic heterocycles. The summed E-state index contributed by atoms with van der Waals surface area (Å²) in [5.74, 6) is -0.748. The summed E-state index contributed by atoms with van der Waals surface area (Å²) in [7, 11) is 0. The largest absolute Gasteiger partial charge is 0.409 e. The number of hydrogen-bond donors (Lipinski definition) is 4. The first-order chi connectivity index (χ1) is 9.63. The van der Waals surface area contributed by atoms with E-state index in [-0.39, 0.29) is 23.5 Å². The minimum absolute atomic E-state index is 0.00402. The molecule has 20 heavy (non-hydrogen) atoms. The molecule has 0 amide bonds. The molecule has 1 aliphatic carbocycles. The summed E-state index contributed by atoms with van der Waals surface area (Å²) >= 11 is 0. The van der Waals surface area contributed by atoms with Crippen molar-refractivity contribution in [2.75, 3.05) is 0 Å². The molecule has 1 fully saturated rings. The Morgan fingerprint density at radius 3 is 2.85 bits per heavy atom. The molecule has 110 valence electrons. The molecule has 0 aromatic heterocycles. The van der Waals surface area contributed by atoms with Crippen molar-refractivity contribution in [3.05, 3.63) is 35.1 Å². The van der Waals surface area contributed by atoms with E-state index in [1.165, 1.54) is 6.07 Å². The average molecular weight is 281 g/mol. The minimum atomic E-state index is -0.499. The van der Waals surface area contributed by atoms with Crippen LogP contribution in [0.25, 0.3) is 0 Å². The Morgan fingerprint density at radius 2 is 2.15 bits per heavy atom. The van der Waals surface area contributed by atoms with Crippen LogP contribution < -0.4 is 11.1 Å². The highest BCUT2D eigenvalue weighted by molar-refractivity contribution is 5.97. The zero-order valence-corrected chi connectivity index (χ0v) is 11.2. The molecule has 2 unspecified atom stereocenters. The minimum Gasteiger partial charge on any atom is -0.409 e. The highest BCUT2D eigenvalue weighted by Crippen LogP contribution is 2.19. The number of nitrogens with one attached hydrogen (secondary N) is 1. The van der Waals surface area contributed by atoms with Crippen molar-refractivity contribution in [1.29, 1.82) is 0 Å². The molecule has 5 nitrogen and oxygen atoms in total. The molecule has 0 saturated heterocycles. The number of aliphatic hydroxyl groups is 1. The summed E-state index contributed by atoms with van der Waals surface area (Å²) in [5.41, 5.74) is 5.94. The van der Waals surface area contributed by atoms with Crippen LogP contribution in [0.3, 0.4) is 0 Å². The normalized spacial score (nSPS) is 23.8. The van der Waals surface area contributed by atoms with Gasteiger partial charge in [-0.1, -0.05) is 30.1 Å². The smallest absolute Gasteiger partial charge is 0.173 e. The SMILES string of the molecule is N/C(=N/O)c1cccc(CNC2CCCCC2O)c1F. The number of aliphatic hydroxyl groups excluding tert-OH is 1. The second-order valence-corrected chi connectivity index (χ2v) is 5.10. The first-order valence-electron chi connectivity index (χ1n) is 6.80. The average Bonchev–Trinajstić information content (AvgIpc) is 2.47. The fourth-order valence-electron chi connectivity index (χ4n) is 2.56. The van der Waals surface area contributed by atoms with E-state index in [9.17, 15) is 9.50 Å². The number of nitrogens with zero attached hydrogens (tertiary/aromatic N) is 1. The Bertz CT molecular complexity index is 493. The van der Waals surface area contributed by atoms with Crippen LogP contribution in [0.1, 0.15) is 36.8 Å². The van der Waals surface area contributed by atoms with E-state index in [4.69, 9.17) is 10.9 Å². The third kappa shape index (κ3) is 3.26. The van der Waals surface area contributed by atoms with Gasteiger partial charge in [-0.15, -0.1) is 0 Å². The van der Waals surface area contributed by atoms with Gasteiger partial charge >= 0.3 is 0 Å². The quantitative estimate of drug-likeness (QED) is 0.290. The Labute approximate surface area is 117 Å². The molecule has 2 rings (SSSR count). The summed E-state index contributed by atoms with van der Waals surface area (Å²) < 4.78 is 14.2. The molecule has 2 atom stereocenters. The summed E-state index contributed by atoms with van der Waals surface area (Å²) in [6.45, 7) is 0.306. The highest BCUT2D eigenvalue weighted by atomic mass is 19.1. The molecule has 6 heteroatoms. The van der Waals surface area contributed by atoms with Crippen molar-refractivity contribution in [2.24, 2.45) is 10.9 Å². The second-order valence-electron chi connectivity index (χ2n) is 5.10. The highest BCUT2D eigenvalue weighted by Gasteiger charge is 2.22. The number of benzene rings is 1. The first kappa shape index (κ1) is 14.7. The van der Waals surface area contributed by atoms with Gasteiger partial charge < -0.3 is 21.4 Å². The third-order valence-electron chi connectivity index (χ3n) is 3.75. The predicted molar refractivity (Wildman–Crippen MR) is 74.0 cm³/mol. The van der Waals surface area contributed by atoms with Gasteiger partial charge in [-0.3, -0.25) is 0 Å². The van der Waals surface area contributed by atoms with Gasteiger partial charge in [-0.05, 0) is 18.9 Å². The van der Waals surface area contributed by atoms with Crippen molar-refractivity contribution in [1.82, 2.24) is 5.32 Å². The summed E-state index contributed by atoms with van der Waals surface area (Å²) in [6.07, 6.45) is 3.40. The number of halogens is 1. The Morgan fingerprint density at radius 1 is 1.40 bits per heavy atom. The van der Waals surface area contributed by atoms with Crippen molar-refractivity contribution in [3.8, 4) is 0 Å². The Balaban J connectivity index is 2.06. The van der Waals surface area contributed by atoms with Gasteiger partial charge in [0.2, 0.25) is 0 Å². The summed E-state index contributed by atoms with van der Waals surface area (Å²) in [6, 6.07) is 4.76. The van der Waals surface area contributed by atoms with E-state index < -0.39 is 5.82 Å². The van der Waals surface area contributed by atoms with E-state index in [0.29, 0.717) is 12.1 Å². The van der Waals surface area contributed by atoms with Crippen molar-refractivity contribution in [2.45, 2.75) is 44.4 Å². The molecular weight excluding hydrogens is 261 g/mol. The summed E-state index contributed by atoms with van der Waals surface area (Å²) in [4.78, 5) is 0. The van der Waals surface area contributed by atoms with Crippen LogP contribution in [0.2, 0.25) is 0 Å². The monoisotopic (exact) mass is 281 g/mol. The van der Waals surface area contributed by atoms with Crippen LogP contribution in [0, 0.1) is 5.82 Å². The number of hydrogen-bond acceptors (Lipinski definition) is 4. The second kappa shape index (κ2) is 6.67. The van der Waals surface area contributed by atoms with Crippen LogP contribution >= 0.6 is 0 Å².